The number of carbonyl (C=O) groups excluding carboxylic acids is 1. The predicted molar refractivity (Wildman–Crippen MR) is 89.2 cm³/mol. The van der Waals surface area contributed by atoms with Crippen LogP contribution in [0.2, 0.25) is 0 Å². The lowest BCUT2D eigenvalue weighted by Crippen LogP contribution is -2.34. The van der Waals surface area contributed by atoms with Gasteiger partial charge in [0.25, 0.3) is 0 Å². The summed E-state index contributed by atoms with van der Waals surface area (Å²) in [5.41, 5.74) is 0.994. The van der Waals surface area contributed by atoms with Gasteiger partial charge in [-0.15, -0.1) is 11.3 Å². The van der Waals surface area contributed by atoms with Gasteiger partial charge < -0.3 is 4.90 Å². The number of thiophene rings is 1. The Labute approximate surface area is 133 Å². The van der Waals surface area contributed by atoms with Gasteiger partial charge >= 0.3 is 0 Å². The predicted octanol–water partition coefficient (Wildman–Crippen LogP) is 4.58. The van der Waals surface area contributed by atoms with E-state index in [9.17, 15) is 9.18 Å². The molecule has 2 heterocycles. The fourth-order valence-corrected chi connectivity index (χ4v) is 3.50. The Morgan fingerprint density at radius 1 is 1.05 bits per heavy atom. The number of hydrogen-bond donors (Lipinski definition) is 0. The number of nitrogens with zero attached hydrogens (tertiary/aromatic N) is 1. The molecule has 0 N–H and O–H groups in total. The third-order valence-corrected chi connectivity index (χ3v) is 4.91. The summed E-state index contributed by atoms with van der Waals surface area (Å²) < 4.78 is 12.9. The molecule has 1 aliphatic rings. The third kappa shape index (κ3) is 3.63. The van der Waals surface area contributed by atoms with Crippen LogP contribution in [0.25, 0.3) is 16.5 Å². The number of likely N-dealkylation sites (tertiary alicyclic amines) is 1. The van der Waals surface area contributed by atoms with Crippen molar-refractivity contribution >= 4 is 23.3 Å². The molecule has 2 nitrogen and oxygen atoms in total. The Balaban J connectivity index is 1.67. The summed E-state index contributed by atoms with van der Waals surface area (Å²) in [6.07, 6.45) is 6.96. The second kappa shape index (κ2) is 6.88. The van der Waals surface area contributed by atoms with Gasteiger partial charge in [0.15, 0.2) is 0 Å². The van der Waals surface area contributed by atoms with Gasteiger partial charge in [0.05, 0.1) is 0 Å². The van der Waals surface area contributed by atoms with Crippen LogP contribution in [0.3, 0.4) is 0 Å². The van der Waals surface area contributed by atoms with Gasteiger partial charge in [-0.3, -0.25) is 4.79 Å². The zero-order valence-corrected chi connectivity index (χ0v) is 13.1. The van der Waals surface area contributed by atoms with Crippen LogP contribution in [0.4, 0.5) is 4.39 Å². The van der Waals surface area contributed by atoms with Crippen molar-refractivity contribution in [3.63, 3.8) is 0 Å². The van der Waals surface area contributed by atoms with Crippen LogP contribution in [0.5, 0.6) is 0 Å². The lowest BCUT2D eigenvalue weighted by Gasteiger charge is -2.25. The molecule has 0 radical (unpaired) electrons. The van der Waals surface area contributed by atoms with Crippen molar-refractivity contribution in [2.75, 3.05) is 13.1 Å². The zero-order chi connectivity index (χ0) is 15.4. The number of piperidine rings is 1. The van der Waals surface area contributed by atoms with E-state index in [1.54, 1.807) is 29.5 Å². The van der Waals surface area contributed by atoms with Crippen molar-refractivity contribution in [3.05, 3.63) is 53.2 Å². The number of hydrogen-bond acceptors (Lipinski definition) is 2. The fraction of sp³-hybridized carbons (Fsp3) is 0.278. The van der Waals surface area contributed by atoms with Crippen LogP contribution in [-0.4, -0.2) is 23.9 Å². The van der Waals surface area contributed by atoms with Gasteiger partial charge in [0.2, 0.25) is 5.91 Å². The van der Waals surface area contributed by atoms with E-state index in [1.807, 2.05) is 23.1 Å². The molecule has 0 spiro atoms. The average molecular weight is 315 g/mol. The van der Waals surface area contributed by atoms with Gasteiger partial charge in [0, 0.05) is 28.9 Å². The van der Waals surface area contributed by atoms with Crippen LogP contribution in [0.1, 0.15) is 24.1 Å². The highest BCUT2D eigenvalue weighted by Gasteiger charge is 2.13. The smallest absolute Gasteiger partial charge is 0.246 e. The lowest BCUT2D eigenvalue weighted by atomic mass is 10.1. The second-order valence-corrected chi connectivity index (χ2v) is 6.54. The van der Waals surface area contributed by atoms with Crippen molar-refractivity contribution < 1.29 is 9.18 Å². The number of halogens is 1. The minimum atomic E-state index is -0.229. The Kier molecular flexibility index (Phi) is 4.68. The summed E-state index contributed by atoms with van der Waals surface area (Å²) in [7, 11) is 0. The van der Waals surface area contributed by atoms with Crippen molar-refractivity contribution in [1.29, 1.82) is 0 Å². The van der Waals surface area contributed by atoms with Crippen LogP contribution in [-0.2, 0) is 4.79 Å². The Morgan fingerprint density at radius 3 is 2.50 bits per heavy atom. The molecule has 1 aromatic carbocycles. The van der Waals surface area contributed by atoms with Crippen molar-refractivity contribution in [3.8, 4) is 10.4 Å². The summed E-state index contributed by atoms with van der Waals surface area (Å²) in [6, 6.07) is 10.5. The number of amides is 1. The molecule has 0 saturated carbocycles. The normalized spacial score (nSPS) is 15.4. The molecule has 1 aliphatic heterocycles. The highest BCUT2D eigenvalue weighted by molar-refractivity contribution is 7.16. The summed E-state index contributed by atoms with van der Waals surface area (Å²) >= 11 is 1.60. The maximum Gasteiger partial charge on any atom is 0.246 e. The van der Waals surface area contributed by atoms with E-state index in [4.69, 9.17) is 0 Å². The summed E-state index contributed by atoms with van der Waals surface area (Å²) in [5, 5.41) is 0. The zero-order valence-electron chi connectivity index (χ0n) is 12.3. The fourth-order valence-electron chi connectivity index (χ4n) is 2.58. The average Bonchev–Trinajstić information content (AvgIpc) is 3.03. The molecule has 0 bridgehead atoms. The first-order chi connectivity index (χ1) is 10.7. The third-order valence-electron chi connectivity index (χ3n) is 3.81. The Hall–Kier alpha value is -1.94. The minimum absolute atomic E-state index is 0.0939. The Morgan fingerprint density at radius 2 is 1.77 bits per heavy atom. The van der Waals surface area contributed by atoms with Crippen LogP contribution in [0.15, 0.2) is 42.5 Å². The summed E-state index contributed by atoms with van der Waals surface area (Å²) in [5.74, 6) is -0.135. The van der Waals surface area contributed by atoms with E-state index in [0.29, 0.717) is 0 Å². The lowest BCUT2D eigenvalue weighted by molar-refractivity contribution is -0.126. The molecular formula is C18H18FNOS. The van der Waals surface area contributed by atoms with E-state index in [0.717, 1.165) is 41.2 Å². The van der Waals surface area contributed by atoms with Crippen LogP contribution >= 0.6 is 11.3 Å². The highest BCUT2D eigenvalue weighted by atomic mass is 32.1. The molecule has 3 rings (SSSR count). The second-order valence-electron chi connectivity index (χ2n) is 5.43. The molecule has 114 valence electrons. The number of rotatable bonds is 3. The van der Waals surface area contributed by atoms with Gasteiger partial charge in [-0.1, -0.05) is 12.1 Å². The number of benzene rings is 1. The molecule has 4 heteroatoms. The first kappa shape index (κ1) is 15.0. The maximum absolute atomic E-state index is 12.9. The van der Waals surface area contributed by atoms with E-state index in [-0.39, 0.29) is 11.7 Å². The molecule has 1 fully saturated rings. The first-order valence-corrected chi connectivity index (χ1v) is 8.37. The monoisotopic (exact) mass is 315 g/mol. The van der Waals surface area contributed by atoms with Gasteiger partial charge in [0.1, 0.15) is 5.82 Å². The Bertz CT molecular complexity index is 669. The maximum atomic E-state index is 12.9. The SMILES string of the molecule is O=C(C=Cc1ccc(-c2ccc(F)cc2)s1)N1CCCCC1. The summed E-state index contributed by atoms with van der Waals surface area (Å²) in [4.78, 5) is 16.1. The molecule has 0 atom stereocenters. The van der Waals surface area contributed by atoms with Crippen molar-refractivity contribution in [1.82, 2.24) is 4.90 Å². The topological polar surface area (TPSA) is 20.3 Å². The van der Waals surface area contributed by atoms with Gasteiger partial charge in [-0.05, 0) is 55.2 Å². The molecule has 2 aromatic rings. The number of carbonyl (C=O) groups is 1. The van der Waals surface area contributed by atoms with E-state index in [2.05, 4.69) is 0 Å². The van der Waals surface area contributed by atoms with Crippen LogP contribution in [0, 0.1) is 5.82 Å². The van der Waals surface area contributed by atoms with E-state index in [1.165, 1.54) is 18.6 Å². The quantitative estimate of drug-likeness (QED) is 0.759. The highest BCUT2D eigenvalue weighted by Crippen LogP contribution is 2.29. The molecule has 0 unspecified atom stereocenters. The van der Waals surface area contributed by atoms with E-state index >= 15 is 0 Å². The molecule has 1 amide bonds. The van der Waals surface area contributed by atoms with Crippen molar-refractivity contribution in [2.24, 2.45) is 0 Å². The summed E-state index contributed by atoms with van der Waals surface area (Å²) in [6.45, 7) is 1.74. The van der Waals surface area contributed by atoms with Gasteiger partial charge in [-0.2, -0.15) is 0 Å². The molecular weight excluding hydrogens is 297 g/mol. The standard InChI is InChI=1S/C18H18FNOS/c19-15-6-4-14(5-7-15)17-10-8-16(22-17)9-11-18(21)20-12-2-1-3-13-20/h4-11H,1-3,12-13H2. The largest absolute Gasteiger partial charge is 0.339 e. The molecule has 1 saturated heterocycles. The van der Waals surface area contributed by atoms with Gasteiger partial charge in [-0.25, -0.2) is 4.39 Å². The first-order valence-electron chi connectivity index (χ1n) is 7.55. The molecule has 22 heavy (non-hydrogen) atoms. The molecule has 1 aromatic heterocycles. The van der Waals surface area contributed by atoms with Crippen molar-refractivity contribution in [2.45, 2.75) is 19.3 Å². The molecule has 0 aliphatic carbocycles. The van der Waals surface area contributed by atoms with E-state index < -0.39 is 0 Å². The van der Waals surface area contributed by atoms with Crippen LogP contribution < -0.4 is 0 Å². The minimum Gasteiger partial charge on any atom is -0.339 e.